The van der Waals surface area contributed by atoms with E-state index in [1.807, 2.05) is 0 Å². The van der Waals surface area contributed by atoms with Crippen molar-refractivity contribution in [1.29, 1.82) is 0 Å². The number of nitrogens with zero attached hydrogens (tertiary/aromatic N) is 2. The molecule has 1 heterocycles. The smallest absolute Gasteiger partial charge is 0.338 e. The van der Waals surface area contributed by atoms with Gasteiger partial charge in [-0.15, -0.1) is 0 Å². The van der Waals surface area contributed by atoms with E-state index in [-0.39, 0.29) is 29.6 Å². The minimum atomic E-state index is -0.540. The largest absolute Gasteiger partial charge is 0.488 e. The summed E-state index contributed by atoms with van der Waals surface area (Å²) in [5.74, 6) is 0.189. The number of benzene rings is 2. The molecule has 0 saturated heterocycles. The molecule has 0 unspecified atom stereocenters. The fraction of sp³-hybridized carbons (Fsp3) is 0.105. The second-order valence-electron chi connectivity index (χ2n) is 5.63. The number of nitro groups is 1. The van der Waals surface area contributed by atoms with E-state index in [1.54, 1.807) is 42.5 Å². The molecule has 0 aliphatic carbocycles. The van der Waals surface area contributed by atoms with Crippen LogP contribution in [0.25, 0.3) is 12.2 Å². The first-order valence-electron chi connectivity index (χ1n) is 7.90. The van der Waals surface area contributed by atoms with E-state index >= 15 is 0 Å². The van der Waals surface area contributed by atoms with Crippen molar-refractivity contribution in [2.45, 2.75) is 13.5 Å². The maximum atomic E-state index is 13.8. The van der Waals surface area contributed by atoms with Gasteiger partial charge in [-0.05, 0) is 43.3 Å². The summed E-state index contributed by atoms with van der Waals surface area (Å²) >= 11 is 3.38. The average molecular weight is 433 g/mol. The molecule has 0 amide bonds. The first-order chi connectivity index (χ1) is 13.0. The Bertz CT molecular complexity index is 1020. The number of ether oxygens (including phenoxy) is 1. The highest BCUT2D eigenvalue weighted by Crippen LogP contribution is 2.29. The van der Waals surface area contributed by atoms with Crippen LogP contribution in [0, 0.1) is 22.9 Å². The minimum Gasteiger partial charge on any atom is -0.488 e. The molecule has 27 heavy (non-hydrogen) atoms. The summed E-state index contributed by atoms with van der Waals surface area (Å²) in [5.41, 5.74) is 1.08. The van der Waals surface area contributed by atoms with Crippen LogP contribution in [0.5, 0.6) is 5.75 Å². The Kier molecular flexibility index (Phi) is 5.66. The monoisotopic (exact) mass is 432 g/mol. The normalized spacial score (nSPS) is 11.1. The number of hydrogen-bond acceptors (Lipinski definition) is 5. The highest BCUT2D eigenvalue weighted by atomic mass is 79.9. The minimum absolute atomic E-state index is 0.0394. The molecule has 8 heteroatoms. The van der Waals surface area contributed by atoms with Gasteiger partial charge in [-0.1, -0.05) is 39.3 Å². The van der Waals surface area contributed by atoms with Crippen LogP contribution in [0.2, 0.25) is 0 Å². The lowest BCUT2D eigenvalue weighted by Crippen LogP contribution is -1.99. The van der Waals surface area contributed by atoms with Crippen molar-refractivity contribution in [3.05, 3.63) is 85.4 Å². The van der Waals surface area contributed by atoms with Crippen molar-refractivity contribution in [2.24, 2.45) is 0 Å². The first-order valence-corrected chi connectivity index (χ1v) is 8.69. The van der Waals surface area contributed by atoms with E-state index in [9.17, 15) is 14.5 Å². The Morgan fingerprint density at radius 1 is 1.30 bits per heavy atom. The Balaban J connectivity index is 1.86. The molecule has 0 aliphatic heterocycles. The second-order valence-corrected chi connectivity index (χ2v) is 6.55. The molecule has 0 bridgehead atoms. The highest BCUT2D eigenvalue weighted by Gasteiger charge is 2.22. The predicted molar refractivity (Wildman–Crippen MR) is 102 cm³/mol. The van der Waals surface area contributed by atoms with Gasteiger partial charge in [0.15, 0.2) is 5.69 Å². The van der Waals surface area contributed by atoms with Gasteiger partial charge in [0.25, 0.3) is 0 Å². The summed E-state index contributed by atoms with van der Waals surface area (Å²) in [6.07, 6.45) is 3.07. The highest BCUT2D eigenvalue weighted by molar-refractivity contribution is 9.10. The third-order valence-electron chi connectivity index (χ3n) is 3.77. The first kappa shape index (κ1) is 18.8. The van der Waals surface area contributed by atoms with E-state index in [0.717, 1.165) is 4.47 Å². The van der Waals surface area contributed by atoms with Crippen molar-refractivity contribution in [2.75, 3.05) is 0 Å². The van der Waals surface area contributed by atoms with Gasteiger partial charge >= 0.3 is 5.69 Å². The van der Waals surface area contributed by atoms with Crippen molar-refractivity contribution >= 4 is 33.8 Å². The maximum absolute atomic E-state index is 13.8. The summed E-state index contributed by atoms with van der Waals surface area (Å²) in [5, 5.41) is 14.8. The Morgan fingerprint density at radius 2 is 2.07 bits per heavy atom. The standard InChI is InChI=1S/C19H14BrFN2O4/c1-12-19(23(24)25)18(27-22-12)8-6-13-10-15(20)7-9-17(13)26-11-14-4-2-3-5-16(14)21/h2-10H,11H2,1H3. The molecular weight excluding hydrogens is 419 g/mol. The van der Waals surface area contributed by atoms with Gasteiger partial charge in [-0.2, -0.15) is 0 Å². The number of halogens is 2. The van der Waals surface area contributed by atoms with E-state index in [4.69, 9.17) is 9.26 Å². The summed E-state index contributed by atoms with van der Waals surface area (Å²) in [6, 6.07) is 11.6. The molecular formula is C19H14BrFN2O4. The van der Waals surface area contributed by atoms with Crippen LogP contribution >= 0.6 is 15.9 Å². The Hall–Kier alpha value is -3.00. The van der Waals surface area contributed by atoms with E-state index in [0.29, 0.717) is 16.9 Å². The third-order valence-corrected chi connectivity index (χ3v) is 4.26. The number of aryl methyl sites for hydroxylation is 1. The SMILES string of the molecule is Cc1noc(C=Cc2cc(Br)ccc2OCc2ccccc2F)c1[N+](=O)[O-]. The summed E-state index contributed by atoms with van der Waals surface area (Å²) in [4.78, 5) is 10.6. The van der Waals surface area contributed by atoms with Crippen molar-refractivity contribution < 1.29 is 18.6 Å². The lowest BCUT2D eigenvalue weighted by Gasteiger charge is -2.10. The molecule has 3 aromatic rings. The van der Waals surface area contributed by atoms with Gasteiger partial charge in [0.05, 0.1) is 4.92 Å². The van der Waals surface area contributed by atoms with Gasteiger partial charge in [0, 0.05) is 15.6 Å². The number of aromatic nitrogens is 1. The van der Waals surface area contributed by atoms with Crippen LogP contribution in [0.15, 0.2) is 51.5 Å². The number of rotatable bonds is 6. The Labute approximate surface area is 162 Å². The van der Waals surface area contributed by atoms with Crippen molar-refractivity contribution in [3.63, 3.8) is 0 Å². The van der Waals surface area contributed by atoms with Crippen molar-refractivity contribution in [3.8, 4) is 5.75 Å². The molecule has 0 N–H and O–H groups in total. The van der Waals surface area contributed by atoms with Crippen LogP contribution < -0.4 is 4.74 Å². The van der Waals surface area contributed by atoms with E-state index in [1.165, 1.54) is 19.1 Å². The van der Waals surface area contributed by atoms with Gasteiger partial charge in [-0.3, -0.25) is 10.1 Å². The predicted octanol–water partition coefficient (Wildman–Crippen LogP) is 5.54. The molecule has 2 aromatic carbocycles. The molecule has 0 fully saturated rings. The fourth-order valence-electron chi connectivity index (χ4n) is 2.43. The van der Waals surface area contributed by atoms with Crippen LogP contribution in [-0.4, -0.2) is 10.1 Å². The molecule has 138 valence electrons. The van der Waals surface area contributed by atoms with Crippen LogP contribution in [0.4, 0.5) is 10.1 Å². The molecule has 0 aliphatic rings. The van der Waals surface area contributed by atoms with E-state index in [2.05, 4.69) is 21.1 Å². The van der Waals surface area contributed by atoms with Crippen LogP contribution in [-0.2, 0) is 6.61 Å². The van der Waals surface area contributed by atoms with Gasteiger partial charge in [0.1, 0.15) is 18.2 Å². The zero-order valence-electron chi connectivity index (χ0n) is 14.2. The van der Waals surface area contributed by atoms with Crippen molar-refractivity contribution in [1.82, 2.24) is 5.16 Å². The van der Waals surface area contributed by atoms with Crippen LogP contribution in [0.3, 0.4) is 0 Å². The quantitative estimate of drug-likeness (QED) is 0.377. The lowest BCUT2D eigenvalue weighted by molar-refractivity contribution is -0.386. The van der Waals surface area contributed by atoms with Crippen LogP contribution in [0.1, 0.15) is 22.6 Å². The summed E-state index contributed by atoms with van der Waals surface area (Å²) in [6.45, 7) is 1.55. The number of hydrogen-bond donors (Lipinski definition) is 0. The molecule has 1 aromatic heterocycles. The molecule has 0 saturated carbocycles. The zero-order valence-corrected chi connectivity index (χ0v) is 15.8. The van der Waals surface area contributed by atoms with E-state index < -0.39 is 4.92 Å². The van der Waals surface area contributed by atoms with Gasteiger partial charge < -0.3 is 9.26 Å². The maximum Gasteiger partial charge on any atom is 0.338 e. The molecule has 0 spiro atoms. The lowest BCUT2D eigenvalue weighted by atomic mass is 10.1. The second kappa shape index (κ2) is 8.13. The molecule has 6 nitrogen and oxygen atoms in total. The summed E-state index contributed by atoms with van der Waals surface area (Å²) in [7, 11) is 0. The van der Waals surface area contributed by atoms with Gasteiger partial charge in [-0.25, -0.2) is 4.39 Å². The molecule has 0 radical (unpaired) electrons. The fourth-order valence-corrected chi connectivity index (χ4v) is 2.81. The zero-order chi connectivity index (χ0) is 19.4. The summed E-state index contributed by atoms with van der Waals surface area (Å²) < 4.78 is 25.3. The molecule has 3 rings (SSSR count). The topological polar surface area (TPSA) is 78.4 Å². The Morgan fingerprint density at radius 3 is 2.81 bits per heavy atom. The van der Waals surface area contributed by atoms with Gasteiger partial charge in [0.2, 0.25) is 5.76 Å². The molecule has 0 atom stereocenters. The third kappa shape index (κ3) is 4.40. The average Bonchev–Trinajstić information content (AvgIpc) is 3.01.